The molecule has 0 unspecified atom stereocenters. The van der Waals surface area contributed by atoms with Crippen LogP contribution < -0.4 is 4.74 Å². The highest BCUT2D eigenvalue weighted by molar-refractivity contribution is 5.92. The third-order valence-electron chi connectivity index (χ3n) is 4.18. The van der Waals surface area contributed by atoms with Crippen molar-refractivity contribution in [3.63, 3.8) is 0 Å². The van der Waals surface area contributed by atoms with E-state index in [0.29, 0.717) is 12.3 Å². The molecule has 0 N–H and O–H groups in total. The molecule has 24 heavy (non-hydrogen) atoms. The molecule has 0 atom stereocenters. The van der Waals surface area contributed by atoms with Gasteiger partial charge in [-0.05, 0) is 36.8 Å². The van der Waals surface area contributed by atoms with Crippen molar-refractivity contribution in [2.24, 2.45) is 0 Å². The fourth-order valence-electron chi connectivity index (χ4n) is 2.88. The number of hydrogen-bond acceptors (Lipinski definition) is 4. The van der Waals surface area contributed by atoms with Crippen LogP contribution in [0.1, 0.15) is 23.0 Å². The zero-order valence-electron chi connectivity index (χ0n) is 14.0. The highest BCUT2D eigenvalue weighted by atomic mass is 16.5. The largest absolute Gasteiger partial charge is 0.494 e. The summed E-state index contributed by atoms with van der Waals surface area (Å²) >= 11 is 0. The van der Waals surface area contributed by atoms with Gasteiger partial charge in [0, 0.05) is 38.9 Å². The summed E-state index contributed by atoms with van der Waals surface area (Å²) in [6.45, 7) is 6.82. The maximum atomic E-state index is 12.4. The standard InChI is InChI=1S/C19H23N3O2/c1-2-24-17-8-6-16(7-9-17)15-21-11-13-22(14-12-21)19(23)18-5-3-4-10-20-18/h3-10H,2,11-15H2,1H3. The zero-order chi connectivity index (χ0) is 16.8. The lowest BCUT2D eigenvalue weighted by atomic mass is 10.2. The summed E-state index contributed by atoms with van der Waals surface area (Å²) in [4.78, 5) is 20.8. The van der Waals surface area contributed by atoms with Crippen LogP contribution in [0, 0.1) is 0 Å². The number of benzene rings is 1. The lowest BCUT2D eigenvalue weighted by molar-refractivity contribution is 0.0622. The Morgan fingerprint density at radius 2 is 1.83 bits per heavy atom. The van der Waals surface area contributed by atoms with Crippen LogP contribution in [-0.2, 0) is 6.54 Å². The van der Waals surface area contributed by atoms with Gasteiger partial charge in [-0.2, -0.15) is 0 Å². The number of pyridine rings is 1. The Bertz CT molecular complexity index is 650. The molecule has 0 radical (unpaired) electrons. The molecule has 0 saturated carbocycles. The van der Waals surface area contributed by atoms with E-state index in [9.17, 15) is 4.79 Å². The average molecular weight is 325 g/mol. The quantitative estimate of drug-likeness (QED) is 0.847. The number of amides is 1. The van der Waals surface area contributed by atoms with Gasteiger partial charge < -0.3 is 9.64 Å². The zero-order valence-corrected chi connectivity index (χ0v) is 14.0. The topological polar surface area (TPSA) is 45.7 Å². The molecular weight excluding hydrogens is 302 g/mol. The van der Waals surface area contributed by atoms with Crippen LogP contribution in [0.3, 0.4) is 0 Å². The highest BCUT2D eigenvalue weighted by Crippen LogP contribution is 2.15. The van der Waals surface area contributed by atoms with Crippen LogP contribution >= 0.6 is 0 Å². The van der Waals surface area contributed by atoms with Crippen molar-refractivity contribution in [3.8, 4) is 5.75 Å². The summed E-state index contributed by atoms with van der Waals surface area (Å²) in [7, 11) is 0. The minimum absolute atomic E-state index is 0.0244. The predicted octanol–water partition coefficient (Wildman–Crippen LogP) is 2.44. The van der Waals surface area contributed by atoms with Crippen LogP contribution in [0.15, 0.2) is 48.7 Å². The van der Waals surface area contributed by atoms with E-state index in [-0.39, 0.29) is 5.91 Å². The SMILES string of the molecule is CCOc1ccc(CN2CCN(C(=O)c3ccccn3)CC2)cc1. The summed E-state index contributed by atoms with van der Waals surface area (Å²) in [5.74, 6) is 0.934. The third-order valence-corrected chi connectivity index (χ3v) is 4.18. The first-order chi connectivity index (χ1) is 11.8. The Balaban J connectivity index is 1.51. The Hall–Kier alpha value is -2.40. The first kappa shape index (κ1) is 16.5. The van der Waals surface area contributed by atoms with Crippen LogP contribution in [-0.4, -0.2) is 53.5 Å². The monoisotopic (exact) mass is 325 g/mol. The molecule has 1 saturated heterocycles. The number of rotatable bonds is 5. The molecule has 0 bridgehead atoms. The van der Waals surface area contributed by atoms with Gasteiger partial charge in [0.1, 0.15) is 11.4 Å². The number of carbonyl (C=O) groups excluding carboxylic acids is 1. The second-order valence-corrected chi connectivity index (χ2v) is 5.86. The third kappa shape index (κ3) is 4.11. The van der Waals surface area contributed by atoms with Gasteiger partial charge in [-0.15, -0.1) is 0 Å². The molecule has 5 heteroatoms. The van der Waals surface area contributed by atoms with E-state index >= 15 is 0 Å². The summed E-state index contributed by atoms with van der Waals surface area (Å²) in [5.41, 5.74) is 1.79. The molecule has 3 rings (SSSR count). The maximum absolute atomic E-state index is 12.4. The van der Waals surface area contributed by atoms with E-state index in [1.165, 1.54) is 5.56 Å². The smallest absolute Gasteiger partial charge is 0.272 e. The normalized spacial score (nSPS) is 15.3. The molecule has 0 spiro atoms. The molecule has 0 aliphatic carbocycles. The van der Waals surface area contributed by atoms with Crippen molar-refractivity contribution in [2.45, 2.75) is 13.5 Å². The van der Waals surface area contributed by atoms with Crippen LogP contribution in [0.2, 0.25) is 0 Å². The number of piperazine rings is 1. The fraction of sp³-hybridized carbons (Fsp3) is 0.368. The van der Waals surface area contributed by atoms with E-state index in [1.54, 1.807) is 12.3 Å². The highest BCUT2D eigenvalue weighted by Gasteiger charge is 2.22. The molecule has 1 aliphatic heterocycles. The van der Waals surface area contributed by atoms with Crippen molar-refractivity contribution >= 4 is 5.91 Å². The number of hydrogen-bond donors (Lipinski definition) is 0. The number of ether oxygens (including phenoxy) is 1. The lowest BCUT2D eigenvalue weighted by Crippen LogP contribution is -2.48. The molecule has 5 nitrogen and oxygen atoms in total. The molecule has 126 valence electrons. The first-order valence-electron chi connectivity index (χ1n) is 8.40. The molecule has 1 aromatic carbocycles. The number of aromatic nitrogens is 1. The van der Waals surface area contributed by atoms with E-state index in [1.807, 2.05) is 36.1 Å². The van der Waals surface area contributed by atoms with E-state index < -0.39 is 0 Å². The van der Waals surface area contributed by atoms with Crippen molar-refractivity contribution < 1.29 is 9.53 Å². The number of carbonyl (C=O) groups is 1. The van der Waals surface area contributed by atoms with Gasteiger partial charge in [-0.3, -0.25) is 14.7 Å². The summed E-state index contributed by atoms with van der Waals surface area (Å²) in [6.07, 6.45) is 1.66. The Morgan fingerprint density at radius 1 is 1.08 bits per heavy atom. The molecular formula is C19H23N3O2. The molecule has 1 aliphatic rings. The molecule has 2 aromatic rings. The van der Waals surface area contributed by atoms with Gasteiger partial charge in [-0.1, -0.05) is 18.2 Å². The van der Waals surface area contributed by atoms with Crippen LogP contribution in [0.25, 0.3) is 0 Å². The number of nitrogens with zero attached hydrogens (tertiary/aromatic N) is 3. The Labute approximate surface area is 142 Å². The minimum Gasteiger partial charge on any atom is -0.494 e. The van der Waals surface area contributed by atoms with Crippen molar-refractivity contribution in [3.05, 3.63) is 59.9 Å². The van der Waals surface area contributed by atoms with E-state index in [2.05, 4.69) is 22.0 Å². The molecule has 1 amide bonds. The van der Waals surface area contributed by atoms with E-state index in [0.717, 1.165) is 38.5 Å². The van der Waals surface area contributed by atoms with Gasteiger partial charge in [0.05, 0.1) is 6.61 Å². The summed E-state index contributed by atoms with van der Waals surface area (Å²) in [6, 6.07) is 13.7. The Morgan fingerprint density at radius 3 is 2.46 bits per heavy atom. The van der Waals surface area contributed by atoms with Crippen molar-refractivity contribution in [1.82, 2.24) is 14.8 Å². The van der Waals surface area contributed by atoms with Crippen molar-refractivity contribution in [1.29, 1.82) is 0 Å². The molecule has 2 heterocycles. The second-order valence-electron chi connectivity index (χ2n) is 5.86. The minimum atomic E-state index is 0.0244. The van der Waals surface area contributed by atoms with Gasteiger partial charge >= 0.3 is 0 Å². The van der Waals surface area contributed by atoms with Crippen molar-refractivity contribution in [2.75, 3.05) is 32.8 Å². The molecule has 1 aromatic heterocycles. The fourth-order valence-corrected chi connectivity index (χ4v) is 2.88. The van der Waals surface area contributed by atoms with Gasteiger partial charge in [0.15, 0.2) is 0 Å². The first-order valence-corrected chi connectivity index (χ1v) is 8.40. The molecule has 1 fully saturated rings. The lowest BCUT2D eigenvalue weighted by Gasteiger charge is -2.34. The van der Waals surface area contributed by atoms with E-state index in [4.69, 9.17) is 4.74 Å². The predicted molar refractivity (Wildman–Crippen MR) is 93.0 cm³/mol. The van der Waals surface area contributed by atoms with Gasteiger partial charge in [-0.25, -0.2) is 0 Å². The van der Waals surface area contributed by atoms with Gasteiger partial charge in [0.25, 0.3) is 5.91 Å². The summed E-state index contributed by atoms with van der Waals surface area (Å²) < 4.78 is 5.47. The van der Waals surface area contributed by atoms with Gasteiger partial charge in [0.2, 0.25) is 0 Å². The summed E-state index contributed by atoms with van der Waals surface area (Å²) in [5, 5.41) is 0. The maximum Gasteiger partial charge on any atom is 0.272 e. The van der Waals surface area contributed by atoms with Crippen LogP contribution in [0.4, 0.5) is 0 Å². The second kappa shape index (κ2) is 7.93. The Kier molecular flexibility index (Phi) is 5.43. The average Bonchev–Trinajstić information content (AvgIpc) is 2.64. The van der Waals surface area contributed by atoms with Crippen LogP contribution in [0.5, 0.6) is 5.75 Å².